The first-order valence-electron chi connectivity index (χ1n) is 7.41. The first-order chi connectivity index (χ1) is 10.2. The van der Waals surface area contributed by atoms with Gasteiger partial charge >= 0.3 is 0 Å². The zero-order chi connectivity index (χ0) is 15.1. The average Bonchev–Trinajstić information content (AvgIpc) is 2.52. The second-order valence-corrected chi connectivity index (χ2v) is 5.10. The van der Waals surface area contributed by atoms with Gasteiger partial charge in [-0.1, -0.05) is 49.4 Å². The molecule has 112 valence electrons. The minimum Gasteiger partial charge on any atom is -0.490 e. The predicted molar refractivity (Wildman–Crippen MR) is 85.7 cm³/mol. The third-order valence-corrected chi connectivity index (χ3v) is 3.17. The van der Waals surface area contributed by atoms with E-state index >= 15 is 0 Å². The van der Waals surface area contributed by atoms with Crippen LogP contribution in [0.3, 0.4) is 0 Å². The van der Waals surface area contributed by atoms with Crippen LogP contribution in [0.25, 0.3) is 0 Å². The van der Waals surface area contributed by atoms with Crippen LogP contribution in [-0.4, -0.2) is 12.6 Å². The second kappa shape index (κ2) is 7.70. The van der Waals surface area contributed by atoms with Crippen LogP contribution in [0.1, 0.15) is 31.9 Å². The fourth-order valence-electron chi connectivity index (χ4n) is 2.14. The molecule has 0 bridgehead atoms. The molecule has 0 aromatic heterocycles. The first-order valence-corrected chi connectivity index (χ1v) is 7.41. The maximum Gasteiger partial charge on any atom is 0.162 e. The lowest BCUT2D eigenvalue weighted by atomic mass is 10.0. The summed E-state index contributed by atoms with van der Waals surface area (Å²) in [6.07, 6.45) is 0.765. The molecule has 0 radical (unpaired) electrons. The standard InChI is InChI=1S/C18H23NO2/c1-3-13-20-16-11-7-8-12-17(16)21-18(14(2)19)15-9-5-4-6-10-15/h4-12,14,18H,3,13,19H2,1-2H3. The van der Waals surface area contributed by atoms with Crippen LogP contribution in [0, 0.1) is 0 Å². The summed E-state index contributed by atoms with van der Waals surface area (Å²) in [7, 11) is 0. The molecule has 2 rings (SSSR count). The van der Waals surface area contributed by atoms with Gasteiger partial charge in [0.2, 0.25) is 0 Å². The third-order valence-electron chi connectivity index (χ3n) is 3.17. The summed E-state index contributed by atoms with van der Waals surface area (Å²) in [6, 6.07) is 17.6. The zero-order valence-electron chi connectivity index (χ0n) is 12.7. The number of para-hydroxylation sites is 2. The lowest BCUT2D eigenvalue weighted by molar-refractivity contribution is 0.169. The molecule has 0 saturated carbocycles. The summed E-state index contributed by atoms with van der Waals surface area (Å²) in [6.45, 7) is 4.71. The molecule has 2 aromatic rings. The van der Waals surface area contributed by atoms with Crippen molar-refractivity contribution < 1.29 is 9.47 Å². The van der Waals surface area contributed by atoms with E-state index in [1.165, 1.54) is 0 Å². The minimum atomic E-state index is -0.197. The van der Waals surface area contributed by atoms with Crippen LogP contribution in [0.4, 0.5) is 0 Å². The Kier molecular flexibility index (Phi) is 5.64. The Morgan fingerprint density at radius 1 is 0.952 bits per heavy atom. The maximum atomic E-state index is 6.14. The van der Waals surface area contributed by atoms with Gasteiger partial charge in [0.25, 0.3) is 0 Å². The highest BCUT2D eigenvalue weighted by atomic mass is 16.5. The van der Waals surface area contributed by atoms with Gasteiger partial charge in [-0.05, 0) is 31.0 Å². The van der Waals surface area contributed by atoms with Crippen molar-refractivity contribution >= 4 is 0 Å². The van der Waals surface area contributed by atoms with E-state index in [4.69, 9.17) is 15.2 Å². The van der Waals surface area contributed by atoms with Crippen molar-refractivity contribution in [3.8, 4) is 11.5 Å². The van der Waals surface area contributed by atoms with Crippen molar-refractivity contribution in [1.29, 1.82) is 0 Å². The fraction of sp³-hybridized carbons (Fsp3) is 0.333. The normalized spacial score (nSPS) is 13.5. The Bertz CT molecular complexity index is 540. The SMILES string of the molecule is CCCOc1ccccc1OC(c1ccccc1)C(C)N. The summed E-state index contributed by atoms with van der Waals surface area (Å²) in [4.78, 5) is 0. The lowest BCUT2D eigenvalue weighted by Gasteiger charge is -2.24. The molecule has 2 aromatic carbocycles. The molecule has 2 atom stereocenters. The summed E-state index contributed by atoms with van der Waals surface area (Å²) >= 11 is 0. The van der Waals surface area contributed by atoms with Crippen molar-refractivity contribution in [3.05, 3.63) is 60.2 Å². The quantitative estimate of drug-likeness (QED) is 0.838. The highest BCUT2D eigenvalue weighted by Gasteiger charge is 2.19. The number of nitrogens with two attached hydrogens (primary N) is 1. The van der Waals surface area contributed by atoms with Crippen LogP contribution in [-0.2, 0) is 0 Å². The largest absolute Gasteiger partial charge is 0.490 e. The first kappa shape index (κ1) is 15.4. The van der Waals surface area contributed by atoms with Gasteiger partial charge < -0.3 is 15.2 Å². The zero-order valence-corrected chi connectivity index (χ0v) is 12.7. The number of hydrogen-bond acceptors (Lipinski definition) is 3. The summed E-state index contributed by atoms with van der Waals surface area (Å²) < 4.78 is 11.9. The molecule has 0 amide bonds. The molecule has 0 aliphatic carbocycles. The average molecular weight is 285 g/mol. The fourth-order valence-corrected chi connectivity index (χ4v) is 2.14. The third kappa shape index (κ3) is 4.23. The molecule has 0 fully saturated rings. The smallest absolute Gasteiger partial charge is 0.162 e. The molecule has 2 unspecified atom stereocenters. The van der Waals surface area contributed by atoms with E-state index in [2.05, 4.69) is 6.92 Å². The van der Waals surface area contributed by atoms with E-state index in [9.17, 15) is 0 Å². The van der Waals surface area contributed by atoms with Crippen molar-refractivity contribution in [1.82, 2.24) is 0 Å². The van der Waals surface area contributed by atoms with E-state index in [1.54, 1.807) is 0 Å². The molecule has 3 nitrogen and oxygen atoms in total. The van der Waals surface area contributed by atoms with Gasteiger partial charge in [-0.2, -0.15) is 0 Å². The number of hydrogen-bond donors (Lipinski definition) is 1. The van der Waals surface area contributed by atoms with Crippen LogP contribution in [0.5, 0.6) is 11.5 Å². The maximum absolute atomic E-state index is 6.14. The van der Waals surface area contributed by atoms with Crippen molar-refractivity contribution in [3.63, 3.8) is 0 Å². The molecule has 0 heterocycles. The molecule has 2 N–H and O–H groups in total. The van der Waals surface area contributed by atoms with E-state index in [1.807, 2.05) is 61.5 Å². The van der Waals surface area contributed by atoms with E-state index in [0.29, 0.717) is 6.61 Å². The second-order valence-electron chi connectivity index (χ2n) is 5.10. The molecule has 0 aliphatic rings. The highest BCUT2D eigenvalue weighted by molar-refractivity contribution is 5.40. The van der Waals surface area contributed by atoms with E-state index < -0.39 is 0 Å². The van der Waals surface area contributed by atoms with Crippen LogP contribution < -0.4 is 15.2 Å². The monoisotopic (exact) mass is 285 g/mol. The number of rotatable bonds is 7. The molecular formula is C18H23NO2. The molecule has 21 heavy (non-hydrogen) atoms. The Labute approximate surface area is 126 Å². The van der Waals surface area contributed by atoms with Gasteiger partial charge in [-0.25, -0.2) is 0 Å². The van der Waals surface area contributed by atoms with Gasteiger partial charge in [0.1, 0.15) is 6.10 Å². The minimum absolute atomic E-state index is 0.119. The van der Waals surface area contributed by atoms with Crippen molar-refractivity contribution in [2.75, 3.05) is 6.61 Å². The molecular weight excluding hydrogens is 262 g/mol. The number of benzene rings is 2. The molecule has 0 aliphatic heterocycles. The molecule has 0 spiro atoms. The number of ether oxygens (including phenoxy) is 2. The van der Waals surface area contributed by atoms with Crippen LogP contribution in [0.15, 0.2) is 54.6 Å². The summed E-state index contributed by atoms with van der Waals surface area (Å²) in [5.41, 5.74) is 7.17. The molecule has 0 saturated heterocycles. The van der Waals surface area contributed by atoms with Gasteiger partial charge in [-0.15, -0.1) is 0 Å². The van der Waals surface area contributed by atoms with Gasteiger partial charge in [0.05, 0.1) is 6.61 Å². The van der Waals surface area contributed by atoms with Gasteiger partial charge in [0.15, 0.2) is 11.5 Å². The van der Waals surface area contributed by atoms with Gasteiger partial charge in [0, 0.05) is 6.04 Å². The summed E-state index contributed by atoms with van der Waals surface area (Å²) in [5.74, 6) is 1.50. The van der Waals surface area contributed by atoms with Crippen molar-refractivity contribution in [2.24, 2.45) is 5.73 Å². The Morgan fingerprint density at radius 2 is 1.57 bits per heavy atom. The lowest BCUT2D eigenvalue weighted by Crippen LogP contribution is -2.29. The van der Waals surface area contributed by atoms with E-state index in [-0.39, 0.29) is 12.1 Å². The Morgan fingerprint density at radius 3 is 2.19 bits per heavy atom. The van der Waals surface area contributed by atoms with Crippen LogP contribution >= 0.6 is 0 Å². The van der Waals surface area contributed by atoms with Crippen LogP contribution in [0.2, 0.25) is 0 Å². The van der Waals surface area contributed by atoms with Gasteiger partial charge in [-0.3, -0.25) is 0 Å². The predicted octanol–water partition coefficient (Wildman–Crippen LogP) is 3.94. The Balaban J connectivity index is 2.21. The topological polar surface area (TPSA) is 44.5 Å². The highest BCUT2D eigenvalue weighted by Crippen LogP contribution is 2.32. The van der Waals surface area contributed by atoms with E-state index in [0.717, 1.165) is 23.5 Å². The van der Waals surface area contributed by atoms with Crippen molar-refractivity contribution in [2.45, 2.75) is 32.4 Å². The Hall–Kier alpha value is -2.00. The summed E-state index contributed by atoms with van der Waals surface area (Å²) in [5, 5.41) is 0. The molecule has 3 heteroatoms.